The summed E-state index contributed by atoms with van der Waals surface area (Å²) >= 11 is 0. The van der Waals surface area contributed by atoms with Gasteiger partial charge in [-0.3, -0.25) is 9.59 Å². The standard InChI is InChI=1S/C20H23NO4/c1-4-5-6-19(22)25-18-13-9-16(10-14-18)21(2)20(23)15-7-11-17(24-3)12-8-15/h7-14H,4-6H2,1-3H3. The quantitative estimate of drug-likeness (QED) is 0.563. The summed E-state index contributed by atoms with van der Waals surface area (Å²) in [6.45, 7) is 2.03. The summed E-state index contributed by atoms with van der Waals surface area (Å²) in [7, 11) is 3.29. The van der Waals surface area contributed by atoms with Crippen molar-refractivity contribution in [3.8, 4) is 11.5 Å². The van der Waals surface area contributed by atoms with Gasteiger partial charge < -0.3 is 14.4 Å². The van der Waals surface area contributed by atoms with Crippen LogP contribution in [-0.2, 0) is 4.79 Å². The molecule has 0 atom stereocenters. The average molecular weight is 341 g/mol. The Morgan fingerprint density at radius 1 is 0.960 bits per heavy atom. The first-order chi connectivity index (χ1) is 12.0. The zero-order chi connectivity index (χ0) is 18.2. The van der Waals surface area contributed by atoms with E-state index in [0.29, 0.717) is 29.2 Å². The lowest BCUT2D eigenvalue weighted by atomic mass is 10.2. The highest BCUT2D eigenvalue weighted by Crippen LogP contribution is 2.21. The molecule has 2 aromatic carbocycles. The molecule has 0 heterocycles. The number of carbonyl (C=O) groups is 2. The Hall–Kier alpha value is -2.82. The Morgan fingerprint density at radius 3 is 2.12 bits per heavy atom. The van der Waals surface area contributed by atoms with E-state index in [9.17, 15) is 9.59 Å². The molecule has 5 nitrogen and oxygen atoms in total. The van der Waals surface area contributed by atoms with E-state index in [1.807, 2.05) is 6.92 Å². The fraction of sp³-hybridized carbons (Fsp3) is 0.300. The molecule has 0 unspecified atom stereocenters. The van der Waals surface area contributed by atoms with E-state index in [0.717, 1.165) is 12.8 Å². The highest BCUT2D eigenvalue weighted by atomic mass is 16.5. The second-order valence-electron chi connectivity index (χ2n) is 5.66. The van der Waals surface area contributed by atoms with Gasteiger partial charge in [0.1, 0.15) is 11.5 Å². The van der Waals surface area contributed by atoms with Gasteiger partial charge in [-0.2, -0.15) is 0 Å². The van der Waals surface area contributed by atoms with Crippen LogP contribution < -0.4 is 14.4 Å². The van der Waals surface area contributed by atoms with Crippen molar-refractivity contribution in [2.45, 2.75) is 26.2 Å². The zero-order valence-corrected chi connectivity index (χ0v) is 14.8. The molecule has 0 saturated carbocycles. The number of methoxy groups -OCH3 is 1. The number of benzene rings is 2. The van der Waals surface area contributed by atoms with Crippen LogP contribution in [0.15, 0.2) is 48.5 Å². The summed E-state index contributed by atoms with van der Waals surface area (Å²) in [5, 5.41) is 0. The number of nitrogens with zero attached hydrogens (tertiary/aromatic N) is 1. The van der Waals surface area contributed by atoms with Gasteiger partial charge in [-0.05, 0) is 55.0 Å². The van der Waals surface area contributed by atoms with Crippen molar-refractivity contribution in [1.29, 1.82) is 0 Å². The van der Waals surface area contributed by atoms with E-state index in [1.54, 1.807) is 67.6 Å². The van der Waals surface area contributed by atoms with E-state index in [-0.39, 0.29) is 11.9 Å². The second-order valence-corrected chi connectivity index (χ2v) is 5.66. The van der Waals surface area contributed by atoms with Crippen molar-refractivity contribution >= 4 is 17.6 Å². The molecule has 2 aromatic rings. The van der Waals surface area contributed by atoms with Gasteiger partial charge in [0.25, 0.3) is 5.91 Å². The van der Waals surface area contributed by atoms with Gasteiger partial charge in [-0.15, -0.1) is 0 Å². The van der Waals surface area contributed by atoms with Gasteiger partial charge >= 0.3 is 5.97 Å². The number of ether oxygens (including phenoxy) is 2. The van der Waals surface area contributed by atoms with Crippen molar-refractivity contribution in [2.75, 3.05) is 19.1 Å². The van der Waals surface area contributed by atoms with Crippen molar-refractivity contribution in [1.82, 2.24) is 0 Å². The Labute approximate surface area is 148 Å². The fourth-order valence-electron chi connectivity index (χ4n) is 2.29. The molecule has 2 rings (SSSR count). The molecule has 0 fully saturated rings. The van der Waals surface area contributed by atoms with Crippen molar-refractivity contribution < 1.29 is 19.1 Å². The average Bonchev–Trinajstić information content (AvgIpc) is 2.66. The maximum Gasteiger partial charge on any atom is 0.311 e. The first-order valence-electron chi connectivity index (χ1n) is 8.28. The van der Waals surface area contributed by atoms with E-state index >= 15 is 0 Å². The highest BCUT2D eigenvalue weighted by molar-refractivity contribution is 6.05. The molecule has 0 saturated heterocycles. The molecule has 0 aliphatic carbocycles. The molecule has 0 bridgehead atoms. The van der Waals surface area contributed by atoms with Gasteiger partial charge in [0.2, 0.25) is 0 Å². The molecule has 0 radical (unpaired) electrons. The van der Waals surface area contributed by atoms with Crippen LogP contribution in [0.25, 0.3) is 0 Å². The number of rotatable bonds is 7. The Balaban J connectivity index is 2.02. The third kappa shape index (κ3) is 5.08. The number of carbonyl (C=O) groups excluding carboxylic acids is 2. The Kier molecular flexibility index (Phi) is 6.57. The SMILES string of the molecule is CCCCC(=O)Oc1ccc(N(C)C(=O)c2ccc(OC)cc2)cc1. The third-order valence-electron chi connectivity index (χ3n) is 3.83. The predicted octanol–water partition coefficient (Wildman–Crippen LogP) is 4.07. The minimum Gasteiger partial charge on any atom is -0.497 e. The maximum absolute atomic E-state index is 12.5. The molecule has 0 N–H and O–H groups in total. The van der Waals surface area contributed by atoms with Crippen molar-refractivity contribution in [3.05, 3.63) is 54.1 Å². The Bertz CT molecular complexity index is 707. The minimum atomic E-state index is -0.239. The molecule has 1 amide bonds. The van der Waals surface area contributed by atoms with Crippen LogP contribution in [0.5, 0.6) is 11.5 Å². The van der Waals surface area contributed by atoms with Crippen molar-refractivity contribution in [3.63, 3.8) is 0 Å². The number of amides is 1. The fourth-order valence-corrected chi connectivity index (χ4v) is 2.29. The molecular formula is C20H23NO4. The Morgan fingerprint density at radius 2 is 1.56 bits per heavy atom. The van der Waals surface area contributed by atoms with Crippen LogP contribution >= 0.6 is 0 Å². The molecule has 5 heteroatoms. The highest BCUT2D eigenvalue weighted by Gasteiger charge is 2.14. The molecule has 25 heavy (non-hydrogen) atoms. The summed E-state index contributed by atoms with van der Waals surface area (Å²) in [6, 6.07) is 13.8. The summed E-state index contributed by atoms with van der Waals surface area (Å²) in [5.74, 6) is 0.816. The lowest BCUT2D eigenvalue weighted by Crippen LogP contribution is -2.26. The largest absolute Gasteiger partial charge is 0.497 e. The number of hydrogen-bond acceptors (Lipinski definition) is 4. The summed E-state index contributed by atoms with van der Waals surface area (Å²) in [4.78, 5) is 25.7. The first-order valence-corrected chi connectivity index (χ1v) is 8.28. The van der Waals surface area contributed by atoms with Gasteiger partial charge in [0, 0.05) is 24.7 Å². The summed E-state index contributed by atoms with van der Waals surface area (Å²) in [5.41, 5.74) is 1.28. The third-order valence-corrected chi connectivity index (χ3v) is 3.83. The number of anilines is 1. The second kappa shape index (κ2) is 8.87. The number of unbranched alkanes of at least 4 members (excludes halogenated alkanes) is 1. The summed E-state index contributed by atoms with van der Waals surface area (Å²) in [6.07, 6.45) is 2.18. The van der Waals surface area contributed by atoms with Crippen LogP contribution in [-0.4, -0.2) is 26.0 Å². The van der Waals surface area contributed by atoms with E-state index in [4.69, 9.17) is 9.47 Å². The molecular weight excluding hydrogens is 318 g/mol. The zero-order valence-electron chi connectivity index (χ0n) is 14.8. The van der Waals surface area contributed by atoms with E-state index in [2.05, 4.69) is 0 Å². The van der Waals surface area contributed by atoms with Crippen LogP contribution in [0.2, 0.25) is 0 Å². The number of hydrogen-bond donors (Lipinski definition) is 0. The maximum atomic E-state index is 12.5. The van der Waals surface area contributed by atoms with Gasteiger partial charge in [-0.25, -0.2) is 0 Å². The van der Waals surface area contributed by atoms with Crippen LogP contribution in [0.1, 0.15) is 36.5 Å². The lowest BCUT2D eigenvalue weighted by Gasteiger charge is -2.18. The van der Waals surface area contributed by atoms with Crippen LogP contribution in [0.4, 0.5) is 5.69 Å². The molecule has 0 spiro atoms. The van der Waals surface area contributed by atoms with Crippen molar-refractivity contribution in [2.24, 2.45) is 0 Å². The van der Waals surface area contributed by atoms with Gasteiger partial charge in [0.15, 0.2) is 0 Å². The molecule has 0 aromatic heterocycles. The normalized spacial score (nSPS) is 10.2. The van der Waals surface area contributed by atoms with Crippen LogP contribution in [0, 0.1) is 0 Å². The van der Waals surface area contributed by atoms with Crippen LogP contribution in [0.3, 0.4) is 0 Å². The van der Waals surface area contributed by atoms with E-state index in [1.165, 1.54) is 0 Å². The molecule has 132 valence electrons. The lowest BCUT2D eigenvalue weighted by molar-refractivity contribution is -0.134. The topological polar surface area (TPSA) is 55.8 Å². The first kappa shape index (κ1) is 18.5. The molecule has 0 aliphatic rings. The molecule has 0 aliphatic heterocycles. The van der Waals surface area contributed by atoms with Gasteiger partial charge in [0.05, 0.1) is 7.11 Å². The van der Waals surface area contributed by atoms with E-state index < -0.39 is 0 Å². The number of esters is 1. The monoisotopic (exact) mass is 341 g/mol. The predicted molar refractivity (Wildman–Crippen MR) is 97.3 cm³/mol. The minimum absolute atomic E-state index is 0.129. The van der Waals surface area contributed by atoms with Gasteiger partial charge in [-0.1, -0.05) is 13.3 Å². The summed E-state index contributed by atoms with van der Waals surface area (Å²) < 4.78 is 10.4. The smallest absolute Gasteiger partial charge is 0.311 e.